The van der Waals surface area contributed by atoms with Crippen molar-refractivity contribution in [3.05, 3.63) is 94.7 Å². The molecule has 0 bridgehead atoms. The first-order valence-electron chi connectivity index (χ1n) is 11.6. The molecular weight excluding hydrogens is 510 g/mol. The average Bonchev–Trinajstić information content (AvgIpc) is 3.11. The van der Waals surface area contributed by atoms with Gasteiger partial charge < -0.3 is 20.1 Å². The van der Waals surface area contributed by atoms with Crippen LogP contribution < -0.4 is 20.3 Å². The van der Waals surface area contributed by atoms with Gasteiger partial charge in [0.25, 0.3) is 17.7 Å². The summed E-state index contributed by atoms with van der Waals surface area (Å²) in [5.41, 5.74) is 1.63. The molecule has 0 spiro atoms. The number of hydrogen-bond donors (Lipinski definition) is 2. The molecule has 0 aliphatic carbocycles. The van der Waals surface area contributed by atoms with E-state index in [-0.39, 0.29) is 34.0 Å². The zero-order valence-corrected chi connectivity index (χ0v) is 21.5. The maximum absolute atomic E-state index is 13.1. The van der Waals surface area contributed by atoms with Gasteiger partial charge in [0.15, 0.2) is 0 Å². The highest BCUT2D eigenvalue weighted by molar-refractivity contribution is 6.53. The number of ether oxygens (including phenoxy) is 2. The van der Waals surface area contributed by atoms with Gasteiger partial charge in [-0.3, -0.25) is 14.4 Å². The summed E-state index contributed by atoms with van der Waals surface area (Å²) in [5, 5.41) is 5.34. The molecule has 38 heavy (non-hydrogen) atoms. The lowest BCUT2D eigenvalue weighted by molar-refractivity contribution is -0.120. The molecule has 0 radical (unpaired) electrons. The second kappa shape index (κ2) is 11.2. The molecule has 3 amide bonds. The van der Waals surface area contributed by atoms with Crippen LogP contribution >= 0.6 is 11.6 Å². The number of carbonyl (C=O) groups excluding carboxylic acids is 4. The van der Waals surface area contributed by atoms with Crippen molar-refractivity contribution in [1.82, 2.24) is 0 Å². The summed E-state index contributed by atoms with van der Waals surface area (Å²) in [7, 11) is 1.53. The van der Waals surface area contributed by atoms with Gasteiger partial charge in [-0.2, -0.15) is 0 Å². The molecule has 3 aromatic rings. The molecule has 0 aromatic heterocycles. The number of esters is 1. The van der Waals surface area contributed by atoms with Crippen molar-refractivity contribution < 1.29 is 28.7 Å². The van der Waals surface area contributed by atoms with Gasteiger partial charge in [0, 0.05) is 23.0 Å². The Labute approximate surface area is 224 Å². The smallest absolute Gasteiger partial charge is 0.338 e. The number of imide groups is 1. The molecule has 1 aliphatic rings. The maximum atomic E-state index is 13.1. The predicted octanol–water partition coefficient (Wildman–Crippen LogP) is 4.95. The van der Waals surface area contributed by atoms with Gasteiger partial charge in [0.1, 0.15) is 16.5 Å². The van der Waals surface area contributed by atoms with Gasteiger partial charge >= 0.3 is 5.97 Å². The molecule has 9 nitrogen and oxygen atoms in total. The number of halogens is 1. The molecule has 3 aromatic carbocycles. The Morgan fingerprint density at radius 2 is 1.55 bits per heavy atom. The molecule has 0 fully saturated rings. The molecule has 1 heterocycles. The number of hydrogen-bond acceptors (Lipinski definition) is 7. The van der Waals surface area contributed by atoms with E-state index in [1.165, 1.54) is 37.4 Å². The van der Waals surface area contributed by atoms with Gasteiger partial charge in [0.2, 0.25) is 0 Å². The van der Waals surface area contributed by atoms with Crippen LogP contribution in [-0.2, 0) is 14.3 Å². The number of rotatable bonds is 8. The van der Waals surface area contributed by atoms with Crippen molar-refractivity contribution in [1.29, 1.82) is 0 Å². The topological polar surface area (TPSA) is 114 Å². The van der Waals surface area contributed by atoms with Crippen LogP contribution in [0.5, 0.6) is 5.75 Å². The summed E-state index contributed by atoms with van der Waals surface area (Å²) in [5.74, 6) is -1.70. The summed E-state index contributed by atoms with van der Waals surface area (Å²) < 4.78 is 10.3. The van der Waals surface area contributed by atoms with E-state index in [0.717, 1.165) is 4.90 Å². The number of anilines is 3. The first-order chi connectivity index (χ1) is 18.2. The molecule has 1 aliphatic heterocycles. The van der Waals surface area contributed by atoms with Gasteiger partial charge in [-0.15, -0.1) is 0 Å². The number of nitrogens with zero attached hydrogens (tertiary/aromatic N) is 1. The van der Waals surface area contributed by atoms with E-state index in [1.807, 2.05) is 0 Å². The normalized spacial score (nSPS) is 13.1. The first kappa shape index (κ1) is 26.4. The van der Waals surface area contributed by atoms with Gasteiger partial charge in [-0.05, 0) is 68.4 Å². The van der Waals surface area contributed by atoms with E-state index < -0.39 is 17.8 Å². The molecule has 0 saturated carbocycles. The van der Waals surface area contributed by atoms with Crippen molar-refractivity contribution in [2.24, 2.45) is 0 Å². The van der Waals surface area contributed by atoms with Crippen molar-refractivity contribution in [3.8, 4) is 5.75 Å². The Kier molecular flexibility index (Phi) is 7.78. The summed E-state index contributed by atoms with van der Waals surface area (Å²) in [6.07, 6.45) is -0.285. The van der Waals surface area contributed by atoms with Crippen LogP contribution in [0.15, 0.2) is 83.5 Å². The fraction of sp³-hybridized carbons (Fsp3) is 0.143. The summed E-state index contributed by atoms with van der Waals surface area (Å²) in [4.78, 5) is 51.7. The van der Waals surface area contributed by atoms with E-state index in [9.17, 15) is 19.2 Å². The van der Waals surface area contributed by atoms with Crippen LogP contribution in [0.4, 0.5) is 17.1 Å². The van der Waals surface area contributed by atoms with E-state index in [1.54, 1.807) is 56.3 Å². The van der Waals surface area contributed by atoms with E-state index in [4.69, 9.17) is 21.1 Å². The Balaban J connectivity index is 1.49. The average molecular weight is 534 g/mol. The fourth-order valence-corrected chi connectivity index (χ4v) is 3.87. The van der Waals surface area contributed by atoms with Crippen LogP contribution in [0.25, 0.3) is 0 Å². The molecule has 4 rings (SSSR count). The standard InChI is InChI=1S/C28H24ClN3O6/c1-16(2)38-28(36)17-10-12-21(13-11-17)32-26(34)23(29)24(27(32)35)30-19-7-4-6-18(14-19)25(33)31-20-8-5-9-22(15-20)37-3/h4-16,30H,1-3H3,(H,31,33). The molecule has 10 heteroatoms. The Bertz CT molecular complexity index is 1450. The lowest BCUT2D eigenvalue weighted by Crippen LogP contribution is -2.32. The van der Waals surface area contributed by atoms with Gasteiger partial charge in [0.05, 0.1) is 24.5 Å². The minimum Gasteiger partial charge on any atom is -0.497 e. The van der Waals surface area contributed by atoms with Gasteiger partial charge in [-0.25, -0.2) is 9.69 Å². The largest absolute Gasteiger partial charge is 0.497 e. The highest BCUT2D eigenvalue weighted by Gasteiger charge is 2.39. The van der Waals surface area contributed by atoms with Crippen LogP contribution in [0.1, 0.15) is 34.6 Å². The van der Waals surface area contributed by atoms with Crippen molar-refractivity contribution in [3.63, 3.8) is 0 Å². The Hall–Kier alpha value is -4.63. The van der Waals surface area contributed by atoms with Gasteiger partial charge in [-0.1, -0.05) is 23.7 Å². The summed E-state index contributed by atoms with van der Waals surface area (Å²) in [6.45, 7) is 3.47. The predicted molar refractivity (Wildman–Crippen MR) is 143 cm³/mol. The second-order valence-electron chi connectivity index (χ2n) is 8.53. The molecule has 0 unspecified atom stereocenters. The first-order valence-corrected chi connectivity index (χ1v) is 12.0. The van der Waals surface area contributed by atoms with Crippen molar-refractivity contribution >= 4 is 52.4 Å². The highest BCUT2D eigenvalue weighted by Crippen LogP contribution is 2.30. The molecule has 2 N–H and O–H groups in total. The monoisotopic (exact) mass is 533 g/mol. The fourth-order valence-electron chi connectivity index (χ4n) is 3.66. The van der Waals surface area contributed by atoms with Crippen LogP contribution in [0.3, 0.4) is 0 Å². The van der Waals surface area contributed by atoms with Crippen LogP contribution in [0, 0.1) is 0 Å². The highest BCUT2D eigenvalue weighted by atomic mass is 35.5. The SMILES string of the molecule is COc1cccc(NC(=O)c2cccc(NC3=C(Cl)C(=O)N(c4ccc(C(=O)OC(C)C)cc4)C3=O)c2)c1. The summed E-state index contributed by atoms with van der Waals surface area (Å²) >= 11 is 6.24. The molecule has 0 atom stereocenters. The lowest BCUT2D eigenvalue weighted by Gasteiger charge is -2.16. The van der Waals surface area contributed by atoms with Crippen molar-refractivity contribution in [2.45, 2.75) is 20.0 Å². The second-order valence-corrected chi connectivity index (χ2v) is 8.91. The number of methoxy groups -OCH3 is 1. The quantitative estimate of drug-likeness (QED) is 0.311. The molecular formula is C28H24ClN3O6. The Morgan fingerprint density at radius 1 is 0.868 bits per heavy atom. The van der Waals surface area contributed by atoms with Crippen LogP contribution in [-0.4, -0.2) is 36.9 Å². The van der Waals surface area contributed by atoms with Crippen LogP contribution in [0.2, 0.25) is 0 Å². The summed E-state index contributed by atoms with van der Waals surface area (Å²) in [6, 6.07) is 19.2. The maximum Gasteiger partial charge on any atom is 0.338 e. The number of nitrogens with one attached hydrogen (secondary N) is 2. The van der Waals surface area contributed by atoms with E-state index in [2.05, 4.69) is 10.6 Å². The third-order valence-corrected chi connectivity index (χ3v) is 5.80. The number of benzene rings is 3. The van der Waals surface area contributed by atoms with E-state index >= 15 is 0 Å². The third kappa shape index (κ3) is 5.68. The zero-order chi connectivity index (χ0) is 27.4. The zero-order valence-electron chi connectivity index (χ0n) is 20.8. The minimum atomic E-state index is -0.719. The molecule has 194 valence electrons. The molecule has 0 saturated heterocycles. The van der Waals surface area contributed by atoms with Crippen molar-refractivity contribution in [2.75, 3.05) is 22.6 Å². The Morgan fingerprint density at radius 3 is 2.24 bits per heavy atom. The van der Waals surface area contributed by atoms with E-state index in [0.29, 0.717) is 22.7 Å². The minimum absolute atomic E-state index is 0.134. The number of carbonyl (C=O) groups is 4. The third-order valence-electron chi connectivity index (χ3n) is 5.45. The number of amides is 3. The lowest BCUT2D eigenvalue weighted by atomic mass is 10.1.